The van der Waals surface area contributed by atoms with Crippen LogP contribution >= 0.6 is 0 Å². The van der Waals surface area contributed by atoms with Crippen molar-refractivity contribution in [2.24, 2.45) is 0 Å². The Morgan fingerprint density at radius 1 is 1.33 bits per heavy atom. The van der Waals surface area contributed by atoms with Gasteiger partial charge < -0.3 is 19.4 Å². The van der Waals surface area contributed by atoms with Crippen LogP contribution in [0.1, 0.15) is 18.4 Å². The molecule has 0 saturated carbocycles. The molecule has 2 rings (SSSR count). The highest BCUT2D eigenvalue weighted by atomic mass is 16.6. The summed E-state index contributed by atoms with van der Waals surface area (Å²) in [6.45, 7) is -0.165. The Morgan fingerprint density at radius 2 is 2.05 bits per heavy atom. The quantitative estimate of drug-likeness (QED) is 0.711. The minimum Gasteiger partial charge on any atom is -0.550 e. The molecule has 1 heterocycles. The number of esters is 1. The zero-order chi connectivity index (χ0) is 15.2. The molecule has 1 aliphatic rings. The van der Waals surface area contributed by atoms with Gasteiger partial charge in [0.1, 0.15) is 12.6 Å². The molecule has 0 spiro atoms. The number of carbonyl (C=O) groups is 3. The maximum atomic E-state index is 11.9. The Bertz CT molecular complexity index is 530. The summed E-state index contributed by atoms with van der Waals surface area (Å²) in [6.07, 6.45) is -1.10. The average molecular weight is 292 g/mol. The van der Waals surface area contributed by atoms with Crippen molar-refractivity contribution in [1.82, 2.24) is 4.90 Å². The van der Waals surface area contributed by atoms with Crippen LogP contribution < -0.4 is 5.11 Å². The number of carbonyl (C=O) groups excluding carboxylic acids is 3. The van der Waals surface area contributed by atoms with Crippen LogP contribution in [0, 0.1) is 0 Å². The number of cyclic esters (lactones) is 1. The Hall–Kier alpha value is -2.57. The first kappa shape index (κ1) is 14.8. The Balaban J connectivity index is 1.91. The lowest BCUT2D eigenvalue weighted by Crippen LogP contribution is -2.39. The molecular formula is C14H14NO6-. The summed E-state index contributed by atoms with van der Waals surface area (Å²) in [7, 11) is 0. The summed E-state index contributed by atoms with van der Waals surface area (Å²) < 4.78 is 9.85. The SMILES string of the molecule is O=C([O-])CC[C@H]1C(=O)OCN1C(=O)OCc1ccccc1. The Kier molecular flexibility index (Phi) is 4.76. The lowest BCUT2D eigenvalue weighted by molar-refractivity contribution is -0.305. The Labute approximate surface area is 121 Å². The van der Waals surface area contributed by atoms with Crippen molar-refractivity contribution >= 4 is 18.0 Å². The fraction of sp³-hybridized carbons (Fsp3) is 0.357. The molecule has 0 aliphatic carbocycles. The normalized spacial score (nSPS) is 17.4. The van der Waals surface area contributed by atoms with Crippen LogP contribution in [0.4, 0.5) is 4.79 Å². The molecule has 1 aromatic rings. The van der Waals surface area contributed by atoms with Gasteiger partial charge in [0, 0.05) is 5.97 Å². The van der Waals surface area contributed by atoms with E-state index in [1.807, 2.05) is 18.2 Å². The van der Waals surface area contributed by atoms with Gasteiger partial charge in [-0.15, -0.1) is 0 Å². The number of carboxylic acid groups (broad SMARTS) is 1. The second kappa shape index (κ2) is 6.74. The maximum absolute atomic E-state index is 11.9. The molecule has 0 bridgehead atoms. The van der Waals surface area contributed by atoms with Crippen LogP contribution in [0.15, 0.2) is 30.3 Å². The monoisotopic (exact) mass is 292 g/mol. The first-order valence-electron chi connectivity index (χ1n) is 6.41. The van der Waals surface area contributed by atoms with E-state index in [1.165, 1.54) is 0 Å². The van der Waals surface area contributed by atoms with Crippen molar-refractivity contribution in [3.8, 4) is 0 Å². The van der Waals surface area contributed by atoms with Crippen LogP contribution in [-0.2, 0) is 25.7 Å². The third-order valence-corrected chi connectivity index (χ3v) is 3.06. The van der Waals surface area contributed by atoms with Gasteiger partial charge in [0.15, 0.2) is 6.73 Å². The fourth-order valence-corrected chi connectivity index (χ4v) is 1.96. The summed E-state index contributed by atoms with van der Waals surface area (Å²) in [5.41, 5.74) is 0.809. The molecule has 1 atom stereocenters. The summed E-state index contributed by atoms with van der Waals surface area (Å²) in [6, 6.07) is 8.13. The predicted octanol–water partition coefficient (Wildman–Crippen LogP) is 0.0382. The van der Waals surface area contributed by atoms with Crippen molar-refractivity contribution in [2.45, 2.75) is 25.5 Å². The van der Waals surface area contributed by atoms with Gasteiger partial charge >= 0.3 is 12.1 Å². The number of benzene rings is 1. The highest BCUT2D eigenvalue weighted by Crippen LogP contribution is 2.18. The van der Waals surface area contributed by atoms with Crippen LogP contribution in [0.2, 0.25) is 0 Å². The smallest absolute Gasteiger partial charge is 0.413 e. The van der Waals surface area contributed by atoms with E-state index in [0.29, 0.717) is 0 Å². The van der Waals surface area contributed by atoms with E-state index in [2.05, 4.69) is 0 Å². The number of rotatable bonds is 5. The standard InChI is InChI=1S/C14H15NO6/c16-12(17)7-6-11-13(18)21-9-15(11)14(19)20-8-10-4-2-1-3-5-10/h1-5,11H,6-9H2,(H,16,17)/p-1/t11-/m0/s1. The number of amides is 1. The van der Waals surface area contributed by atoms with Gasteiger partial charge in [0.25, 0.3) is 0 Å². The second-order valence-corrected chi connectivity index (χ2v) is 4.53. The first-order valence-corrected chi connectivity index (χ1v) is 6.41. The molecule has 112 valence electrons. The summed E-state index contributed by atoms with van der Waals surface area (Å²) in [4.78, 5) is 34.9. The van der Waals surface area contributed by atoms with Gasteiger partial charge in [-0.3, -0.25) is 4.90 Å². The lowest BCUT2D eigenvalue weighted by Gasteiger charge is -2.19. The third-order valence-electron chi connectivity index (χ3n) is 3.06. The molecule has 0 radical (unpaired) electrons. The van der Waals surface area contributed by atoms with E-state index in [1.54, 1.807) is 12.1 Å². The molecule has 1 fully saturated rings. The second-order valence-electron chi connectivity index (χ2n) is 4.53. The molecule has 1 amide bonds. The van der Waals surface area contributed by atoms with Crippen molar-refractivity contribution in [3.63, 3.8) is 0 Å². The maximum Gasteiger partial charge on any atom is 0.413 e. The van der Waals surface area contributed by atoms with Crippen LogP contribution in [-0.4, -0.2) is 35.7 Å². The lowest BCUT2D eigenvalue weighted by atomic mass is 10.1. The predicted molar refractivity (Wildman–Crippen MR) is 67.5 cm³/mol. The zero-order valence-electron chi connectivity index (χ0n) is 11.2. The van der Waals surface area contributed by atoms with Crippen LogP contribution in [0.5, 0.6) is 0 Å². The molecule has 7 heteroatoms. The van der Waals surface area contributed by atoms with Crippen LogP contribution in [0.3, 0.4) is 0 Å². The third kappa shape index (κ3) is 3.95. The molecular weight excluding hydrogens is 278 g/mol. The summed E-state index contributed by atoms with van der Waals surface area (Å²) in [5, 5.41) is 10.5. The number of carboxylic acids is 1. The molecule has 1 aromatic carbocycles. The minimum absolute atomic E-state index is 0.0540. The van der Waals surface area contributed by atoms with E-state index in [0.717, 1.165) is 10.5 Å². The van der Waals surface area contributed by atoms with Gasteiger partial charge in [-0.25, -0.2) is 9.59 Å². The van der Waals surface area contributed by atoms with Crippen molar-refractivity contribution < 1.29 is 29.0 Å². The van der Waals surface area contributed by atoms with Gasteiger partial charge in [-0.2, -0.15) is 0 Å². The zero-order valence-corrected chi connectivity index (χ0v) is 11.2. The van der Waals surface area contributed by atoms with E-state index in [9.17, 15) is 19.5 Å². The highest BCUT2D eigenvalue weighted by molar-refractivity contribution is 5.84. The Morgan fingerprint density at radius 3 is 2.71 bits per heavy atom. The van der Waals surface area contributed by atoms with Crippen LogP contribution in [0.25, 0.3) is 0 Å². The van der Waals surface area contributed by atoms with Crippen molar-refractivity contribution in [1.29, 1.82) is 0 Å². The van der Waals surface area contributed by atoms with Crippen molar-refractivity contribution in [2.75, 3.05) is 6.73 Å². The first-order chi connectivity index (χ1) is 10.1. The highest BCUT2D eigenvalue weighted by Gasteiger charge is 2.38. The number of nitrogens with zero attached hydrogens (tertiary/aromatic N) is 1. The van der Waals surface area contributed by atoms with Gasteiger partial charge in [-0.1, -0.05) is 30.3 Å². The fourth-order valence-electron chi connectivity index (χ4n) is 1.96. The average Bonchev–Trinajstić information content (AvgIpc) is 2.85. The number of hydrogen-bond acceptors (Lipinski definition) is 6. The van der Waals surface area contributed by atoms with Crippen molar-refractivity contribution in [3.05, 3.63) is 35.9 Å². The summed E-state index contributed by atoms with van der Waals surface area (Å²) in [5.74, 6) is -1.92. The number of aliphatic carboxylic acids is 1. The van der Waals surface area contributed by atoms with Gasteiger partial charge in [-0.05, 0) is 18.4 Å². The van der Waals surface area contributed by atoms with E-state index >= 15 is 0 Å². The molecule has 1 aliphatic heterocycles. The van der Waals surface area contributed by atoms with E-state index in [4.69, 9.17) is 9.47 Å². The molecule has 1 saturated heterocycles. The molecule has 7 nitrogen and oxygen atoms in total. The van der Waals surface area contributed by atoms with Gasteiger partial charge in [0.2, 0.25) is 0 Å². The molecule has 0 N–H and O–H groups in total. The summed E-state index contributed by atoms with van der Waals surface area (Å²) >= 11 is 0. The molecule has 0 unspecified atom stereocenters. The van der Waals surface area contributed by atoms with E-state index in [-0.39, 0.29) is 26.2 Å². The number of hydrogen-bond donors (Lipinski definition) is 0. The molecule has 0 aromatic heterocycles. The minimum atomic E-state index is -1.28. The number of ether oxygens (including phenoxy) is 2. The molecule has 21 heavy (non-hydrogen) atoms. The van der Waals surface area contributed by atoms with E-state index < -0.39 is 24.1 Å². The topological polar surface area (TPSA) is 96.0 Å². The largest absolute Gasteiger partial charge is 0.550 e. The van der Waals surface area contributed by atoms with Gasteiger partial charge in [0.05, 0.1) is 0 Å².